The van der Waals surface area contributed by atoms with Crippen LogP contribution in [0.1, 0.15) is 5.56 Å². The third-order valence-electron chi connectivity index (χ3n) is 5.32. The molecule has 1 aromatic heterocycles. The van der Waals surface area contributed by atoms with E-state index in [-0.39, 0.29) is 11.6 Å². The Hall–Kier alpha value is -3.92. The first-order chi connectivity index (χ1) is 15.9. The van der Waals surface area contributed by atoms with Gasteiger partial charge in [-0.2, -0.15) is 4.68 Å². The Morgan fingerprint density at radius 2 is 1.70 bits per heavy atom. The maximum absolute atomic E-state index is 13.7. The first-order valence-electron chi connectivity index (χ1n) is 10.2. The molecule has 4 aromatic rings. The van der Waals surface area contributed by atoms with Gasteiger partial charge >= 0.3 is 0 Å². The van der Waals surface area contributed by atoms with E-state index < -0.39 is 15.6 Å². The molecular formula is C23H20N4O5S. The van der Waals surface area contributed by atoms with Gasteiger partial charge in [0.1, 0.15) is 25.4 Å². The molecule has 0 fully saturated rings. The predicted octanol–water partition coefficient (Wildman–Crippen LogP) is 2.72. The lowest BCUT2D eigenvalue weighted by Gasteiger charge is -2.25. The summed E-state index contributed by atoms with van der Waals surface area (Å²) in [6.07, 6.45) is 0. The zero-order valence-corrected chi connectivity index (χ0v) is 18.5. The molecule has 0 spiro atoms. The Bertz CT molecular complexity index is 1500. The largest absolute Gasteiger partial charge is 0.486 e. The number of nitrogens with zero attached hydrogens (tertiary/aromatic N) is 4. The third kappa shape index (κ3) is 3.89. The Balaban J connectivity index is 1.61. The highest BCUT2D eigenvalue weighted by molar-refractivity contribution is 7.92. The number of rotatable bonds is 5. The minimum Gasteiger partial charge on any atom is -0.486 e. The molecule has 1 aliphatic heterocycles. The molecular weight excluding hydrogens is 444 g/mol. The highest BCUT2D eigenvalue weighted by Gasteiger charge is 2.28. The summed E-state index contributed by atoms with van der Waals surface area (Å²) in [7, 11) is -4.10. The van der Waals surface area contributed by atoms with Gasteiger partial charge in [0.25, 0.3) is 15.6 Å². The van der Waals surface area contributed by atoms with Gasteiger partial charge in [-0.3, -0.25) is 4.79 Å². The second kappa shape index (κ2) is 8.21. The molecule has 3 aromatic carbocycles. The second-order valence-electron chi connectivity index (χ2n) is 7.55. The number of benzene rings is 3. The summed E-state index contributed by atoms with van der Waals surface area (Å²) in [4.78, 5) is 13.0. The Labute approximate surface area is 189 Å². The van der Waals surface area contributed by atoms with Gasteiger partial charge in [0.2, 0.25) is 0 Å². The van der Waals surface area contributed by atoms with Crippen LogP contribution in [0.25, 0.3) is 10.9 Å². The second-order valence-corrected chi connectivity index (χ2v) is 9.41. The van der Waals surface area contributed by atoms with E-state index in [2.05, 4.69) is 10.3 Å². The number of hydrogen-bond acceptors (Lipinski definition) is 7. The van der Waals surface area contributed by atoms with Crippen LogP contribution < -0.4 is 19.3 Å². The van der Waals surface area contributed by atoms with Crippen molar-refractivity contribution in [2.45, 2.75) is 18.5 Å². The minimum absolute atomic E-state index is 0.00845. The van der Waals surface area contributed by atoms with E-state index >= 15 is 0 Å². The Morgan fingerprint density at radius 1 is 0.970 bits per heavy atom. The van der Waals surface area contributed by atoms with Crippen molar-refractivity contribution in [1.82, 2.24) is 15.0 Å². The van der Waals surface area contributed by atoms with Gasteiger partial charge in [-0.25, -0.2) is 12.7 Å². The van der Waals surface area contributed by atoms with Gasteiger partial charge in [-0.05, 0) is 43.3 Å². The lowest BCUT2D eigenvalue weighted by atomic mass is 10.2. The van der Waals surface area contributed by atoms with E-state index in [4.69, 9.17) is 9.47 Å². The first kappa shape index (κ1) is 21.0. The molecule has 0 radical (unpaired) electrons. The van der Waals surface area contributed by atoms with E-state index in [9.17, 15) is 13.2 Å². The number of hydrogen-bond donors (Lipinski definition) is 0. The lowest BCUT2D eigenvalue weighted by molar-refractivity contribution is 0.171. The average Bonchev–Trinajstić information content (AvgIpc) is 2.84. The molecule has 33 heavy (non-hydrogen) atoms. The van der Waals surface area contributed by atoms with Crippen molar-refractivity contribution in [3.8, 4) is 11.5 Å². The molecule has 5 rings (SSSR count). The van der Waals surface area contributed by atoms with Crippen molar-refractivity contribution in [2.75, 3.05) is 17.5 Å². The summed E-state index contributed by atoms with van der Waals surface area (Å²) in [6.45, 7) is 2.29. The van der Waals surface area contributed by atoms with Crippen LogP contribution in [0.5, 0.6) is 11.5 Å². The maximum Gasteiger partial charge on any atom is 0.279 e. The highest BCUT2D eigenvalue weighted by Crippen LogP contribution is 2.34. The van der Waals surface area contributed by atoms with Crippen LogP contribution in [0.15, 0.2) is 76.4 Å². The van der Waals surface area contributed by atoms with Gasteiger partial charge < -0.3 is 9.47 Å². The molecule has 1 aliphatic rings. The van der Waals surface area contributed by atoms with E-state index in [1.165, 1.54) is 12.1 Å². The molecule has 0 unspecified atom stereocenters. The predicted molar refractivity (Wildman–Crippen MR) is 122 cm³/mol. The number of sulfonamides is 1. The molecule has 0 atom stereocenters. The van der Waals surface area contributed by atoms with Crippen LogP contribution in [-0.4, -0.2) is 36.6 Å². The fourth-order valence-corrected chi connectivity index (χ4v) is 4.97. The molecule has 10 heteroatoms. The van der Waals surface area contributed by atoms with Crippen LogP contribution in [0.2, 0.25) is 0 Å². The van der Waals surface area contributed by atoms with E-state index in [0.717, 1.165) is 14.6 Å². The Morgan fingerprint density at radius 3 is 2.48 bits per heavy atom. The molecule has 0 saturated carbocycles. The Kier molecular flexibility index (Phi) is 5.21. The van der Waals surface area contributed by atoms with Gasteiger partial charge in [0.05, 0.1) is 16.0 Å². The van der Waals surface area contributed by atoms with Crippen LogP contribution in [0, 0.1) is 6.92 Å². The zero-order chi connectivity index (χ0) is 23.0. The molecule has 9 nitrogen and oxygen atoms in total. The summed E-state index contributed by atoms with van der Waals surface area (Å²) >= 11 is 0. The zero-order valence-electron chi connectivity index (χ0n) is 17.7. The first-order valence-corrected chi connectivity index (χ1v) is 11.7. The van der Waals surface area contributed by atoms with Crippen LogP contribution in [-0.2, 0) is 16.7 Å². The normalized spacial score (nSPS) is 13.1. The smallest absolute Gasteiger partial charge is 0.279 e. The third-order valence-corrected chi connectivity index (χ3v) is 7.07. The van der Waals surface area contributed by atoms with Crippen LogP contribution >= 0.6 is 0 Å². The highest BCUT2D eigenvalue weighted by atomic mass is 32.2. The van der Waals surface area contributed by atoms with Gasteiger partial charge in [0, 0.05) is 6.07 Å². The molecule has 168 valence electrons. The summed E-state index contributed by atoms with van der Waals surface area (Å²) < 4.78 is 40.7. The number of ether oxygens (including phenoxy) is 2. The fraction of sp³-hybridized carbons (Fsp3) is 0.174. The summed E-state index contributed by atoms with van der Waals surface area (Å²) in [5.41, 5.74) is 1.36. The van der Waals surface area contributed by atoms with Crippen molar-refractivity contribution in [3.05, 3.63) is 82.6 Å². The fourth-order valence-electron chi connectivity index (χ4n) is 3.56. The molecule has 0 N–H and O–H groups in total. The molecule has 0 bridgehead atoms. The van der Waals surface area contributed by atoms with E-state index in [0.29, 0.717) is 41.3 Å². The summed E-state index contributed by atoms with van der Waals surface area (Å²) in [5, 5.41) is 8.40. The summed E-state index contributed by atoms with van der Waals surface area (Å²) in [5.74, 6) is 0.840. The lowest BCUT2D eigenvalue weighted by Crippen LogP contribution is -2.38. The van der Waals surface area contributed by atoms with Crippen molar-refractivity contribution >= 4 is 26.6 Å². The van der Waals surface area contributed by atoms with Crippen molar-refractivity contribution in [3.63, 3.8) is 0 Å². The molecule has 0 aliphatic carbocycles. The number of anilines is 1. The van der Waals surface area contributed by atoms with Crippen molar-refractivity contribution in [2.24, 2.45) is 0 Å². The molecule has 0 saturated heterocycles. The van der Waals surface area contributed by atoms with Gasteiger partial charge in [-0.1, -0.05) is 35.0 Å². The number of aromatic nitrogens is 3. The number of fused-ring (bicyclic) bond motifs is 2. The van der Waals surface area contributed by atoms with Gasteiger partial charge in [-0.15, -0.1) is 5.10 Å². The molecule has 0 amide bonds. The van der Waals surface area contributed by atoms with Crippen molar-refractivity contribution < 1.29 is 17.9 Å². The number of aryl methyl sites for hydroxylation is 1. The van der Waals surface area contributed by atoms with E-state index in [1.54, 1.807) is 54.6 Å². The monoisotopic (exact) mass is 464 g/mol. The quantitative estimate of drug-likeness (QED) is 0.447. The van der Waals surface area contributed by atoms with E-state index in [1.807, 2.05) is 6.92 Å². The average molecular weight is 465 g/mol. The van der Waals surface area contributed by atoms with Crippen molar-refractivity contribution in [1.29, 1.82) is 0 Å². The maximum atomic E-state index is 13.7. The standard InChI is InChI=1S/C23H20N4O5S/c1-16-6-8-17(9-7-16)27(15-26-23(28)19-4-2-3-5-20(19)24-25-26)33(29,30)18-10-11-21-22(14-18)32-13-12-31-21/h2-11,14H,12-13,15H2,1H3. The van der Waals surface area contributed by atoms with Crippen LogP contribution in [0.3, 0.4) is 0 Å². The van der Waals surface area contributed by atoms with Crippen LogP contribution in [0.4, 0.5) is 5.69 Å². The SMILES string of the molecule is Cc1ccc(N(Cn2nnc3ccccc3c2=O)S(=O)(=O)c2ccc3c(c2)OCCO3)cc1. The topological polar surface area (TPSA) is 104 Å². The molecule has 2 heterocycles. The minimum atomic E-state index is -4.10. The summed E-state index contributed by atoms with van der Waals surface area (Å²) in [6, 6.07) is 18.2. The van der Waals surface area contributed by atoms with Gasteiger partial charge in [0.15, 0.2) is 11.5 Å².